The molecule has 1 aliphatic rings. The van der Waals surface area contributed by atoms with Gasteiger partial charge in [-0.25, -0.2) is 4.79 Å². The summed E-state index contributed by atoms with van der Waals surface area (Å²) in [5.41, 5.74) is 22.0. The van der Waals surface area contributed by atoms with Crippen molar-refractivity contribution in [2.24, 2.45) is 22.9 Å². The van der Waals surface area contributed by atoms with E-state index in [1.165, 1.54) is 4.90 Å². The predicted octanol–water partition coefficient (Wildman–Crippen LogP) is -2.12. The van der Waals surface area contributed by atoms with Crippen LogP contribution in [-0.4, -0.2) is 83.4 Å². The Hall–Kier alpha value is -2.77. The Labute approximate surface area is 205 Å². The van der Waals surface area contributed by atoms with Gasteiger partial charge in [0.15, 0.2) is 0 Å². The molecule has 0 radical (unpaired) electrons. The maximum absolute atomic E-state index is 13.4. The number of carboxylic acid groups (broad SMARTS) is 1. The van der Waals surface area contributed by atoms with Gasteiger partial charge in [0.25, 0.3) is 0 Å². The van der Waals surface area contributed by atoms with Gasteiger partial charge in [-0.3, -0.25) is 19.2 Å². The highest BCUT2D eigenvalue weighted by molar-refractivity contribution is 5.94. The molecule has 0 aliphatic carbocycles. The van der Waals surface area contributed by atoms with Gasteiger partial charge in [0.2, 0.25) is 23.6 Å². The third-order valence-corrected chi connectivity index (χ3v) is 6.00. The Balaban J connectivity index is 2.89. The minimum Gasteiger partial charge on any atom is -0.480 e. The van der Waals surface area contributed by atoms with Crippen molar-refractivity contribution in [2.45, 2.75) is 88.4 Å². The van der Waals surface area contributed by atoms with E-state index < -0.39 is 53.8 Å². The molecule has 11 N–H and O–H groups in total. The Morgan fingerprint density at radius 1 is 0.914 bits per heavy atom. The molecule has 13 nitrogen and oxygen atoms in total. The van der Waals surface area contributed by atoms with E-state index >= 15 is 0 Å². The molecule has 1 heterocycles. The van der Waals surface area contributed by atoms with E-state index in [0.717, 1.165) is 0 Å². The van der Waals surface area contributed by atoms with Crippen molar-refractivity contribution in [3.8, 4) is 0 Å². The van der Waals surface area contributed by atoms with Crippen LogP contribution in [0, 0.1) is 0 Å². The minimum atomic E-state index is -1.15. The van der Waals surface area contributed by atoms with Crippen molar-refractivity contribution in [2.75, 3.05) is 19.6 Å². The van der Waals surface area contributed by atoms with Crippen LogP contribution in [0.25, 0.3) is 0 Å². The van der Waals surface area contributed by atoms with Crippen molar-refractivity contribution < 1.29 is 29.1 Å². The lowest BCUT2D eigenvalue weighted by Crippen LogP contribution is -2.56. The molecule has 1 fully saturated rings. The third-order valence-electron chi connectivity index (χ3n) is 6.00. The maximum atomic E-state index is 13.4. The van der Waals surface area contributed by atoms with E-state index in [4.69, 9.17) is 22.9 Å². The number of rotatable bonds is 17. The van der Waals surface area contributed by atoms with Gasteiger partial charge in [0.1, 0.15) is 18.1 Å². The summed E-state index contributed by atoms with van der Waals surface area (Å²) >= 11 is 0. The first-order chi connectivity index (χ1) is 16.6. The number of nitrogens with zero attached hydrogens (tertiary/aromatic N) is 1. The van der Waals surface area contributed by atoms with Gasteiger partial charge in [0.05, 0.1) is 6.04 Å². The standard InChI is InChI=1S/C22H41N7O6/c23-11-3-1-6-15(27-19(31)14(25)9-10-18(26)30)21(33)29-13-5-8-17(29)20(32)28-16(22(34)35)7-2-4-12-24/h14-17H,1-13,23-25H2,(H2,26,30)(H,27,31)(H,28,32)(H,34,35). The summed E-state index contributed by atoms with van der Waals surface area (Å²) in [6.07, 6.45) is 3.85. The van der Waals surface area contributed by atoms with Crippen LogP contribution >= 0.6 is 0 Å². The lowest BCUT2D eigenvalue weighted by molar-refractivity contribution is -0.145. The number of unbranched alkanes of at least 4 members (excludes halogenated alkanes) is 2. The highest BCUT2D eigenvalue weighted by Crippen LogP contribution is 2.20. The normalized spacial score (nSPS) is 17.9. The second kappa shape index (κ2) is 16.0. The summed E-state index contributed by atoms with van der Waals surface area (Å²) in [4.78, 5) is 62.8. The number of nitrogens with one attached hydrogen (secondary N) is 2. The van der Waals surface area contributed by atoms with Crippen molar-refractivity contribution in [3.63, 3.8) is 0 Å². The average molecular weight is 500 g/mol. The van der Waals surface area contributed by atoms with Crippen LogP contribution in [0.5, 0.6) is 0 Å². The predicted molar refractivity (Wildman–Crippen MR) is 128 cm³/mol. The number of primary amides is 1. The maximum Gasteiger partial charge on any atom is 0.326 e. The molecule has 4 unspecified atom stereocenters. The van der Waals surface area contributed by atoms with Gasteiger partial charge in [-0.1, -0.05) is 0 Å². The molecule has 0 aromatic rings. The zero-order chi connectivity index (χ0) is 26.4. The largest absolute Gasteiger partial charge is 0.480 e. The van der Waals surface area contributed by atoms with E-state index in [1.807, 2.05) is 0 Å². The lowest BCUT2D eigenvalue weighted by atomic mass is 10.0. The minimum absolute atomic E-state index is 0.0420. The van der Waals surface area contributed by atoms with E-state index in [1.54, 1.807) is 0 Å². The second-order valence-corrected chi connectivity index (χ2v) is 8.83. The van der Waals surface area contributed by atoms with Crippen LogP contribution in [0.15, 0.2) is 0 Å². The first-order valence-corrected chi connectivity index (χ1v) is 12.2. The van der Waals surface area contributed by atoms with Crippen LogP contribution < -0.4 is 33.6 Å². The third kappa shape index (κ3) is 10.6. The number of amides is 4. The monoisotopic (exact) mass is 499 g/mol. The van der Waals surface area contributed by atoms with Crippen LogP contribution in [0.4, 0.5) is 0 Å². The molecule has 35 heavy (non-hydrogen) atoms. The number of hydrogen-bond acceptors (Lipinski definition) is 8. The van der Waals surface area contributed by atoms with E-state index in [9.17, 15) is 29.1 Å². The number of hydrogen-bond donors (Lipinski definition) is 7. The van der Waals surface area contributed by atoms with E-state index in [2.05, 4.69) is 10.6 Å². The Morgan fingerprint density at radius 2 is 1.51 bits per heavy atom. The van der Waals surface area contributed by atoms with Gasteiger partial charge < -0.3 is 43.6 Å². The molecule has 200 valence electrons. The second-order valence-electron chi connectivity index (χ2n) is 8.83. The average Bonchev–Trinajstić information content (AvgIpc) is 3.30. The molecular formula is C22H41N7O6. The SMILES string of the molecule is NCCCCC(NC(=O)C1CCCN1C(=O)C(CCCCN)NC(=O)C(N)CCC(N)=O)C(=O)O. The van der Waals surface area contributed by atoms with Gasteiger partial charge in [-0.05, 0) is 70.9 Å². The Bertz CT molecular complexity index is 735. The summed E-state index contributed by atoms with van der Waals surface area (Å²) < 4.78 is 0. The molecule has 4 amide bonds. The molecule has 0 spiro atoms. The number of carbonyl (C=O) groups excluding carboxylic acids is 4. The van der Waals surface area contributed by atoms with Crippen molar-refractivity contribution in [3.05, 3.63) is 0 Å². The molecule has 1 aliphatic heterocycles. The van der Waals surface area contributed by atoms with Crippen LogP contribution in [0.2, 0.25) is 0 Å². The zero-order valence-corrected chi connectivity index (χ0v) is 20.2. The van der Waals surface area contributed by atoms with E-state index in [0.29, 0.717) is 64.6 Å². The number of carbonyl (C=O) groups is 5. The fourth-order valence-electron chi connectivity index (χ4n) is 3.98. The summed E-state index contributed by atoms with van der Waals surface area (Å²) in [5.74, 6) is -3.31. The summed E-state index contributed by atoms with van der Waals surface area (Å²) in [6.45, 7) is 1.15. The molecule has 13 heteroatoms. The highest BCUT2D eigenvalue weighted by Gasteiger charge is 2.38. The first-order valence-electron chi connectivity index (χ1n) is 12.2. The highest BCUT2D eigenvalue weighted by atomic mass is 16.4. The molecule has 0 aromatic heterocycles. The van der Waals surface area contributed by atoms with Gasteiger partial charge in [0, 0.05) is 13.0 Å². The van der Waals surface area contributed by atoms with Crippen molar-refractivity contribution in [1.29, 1.82) is 0 Å². The topological polar surface area (TPSA) is 237 Å². The van der Waals surface area contributed by atoms with Crippen molar-refractivity contribution >= 4 is 29.6 Å². The molecule has 4 atom stereocenters. The lowest BCUT2D eigenvalue weighted by Gasteiger charge is -2.30. The summed E-state index contributed by atoms with van der Waals surface area (Å²) in [5, 5.41) is 14.6. The van der Waals surface area contributed by atoms with Gasteiger partial charge >= 0.3 is 5.97 Å². The Morgan fingerprint density at radius 3 is 2.06 bits per heavy atom. The smallest absolute Gasteiger partial charge is 0.326 e. The zero-order valence-electron chi connectivity index (χ0n) is 20.2. The fraction of sp³-hybridized carbons (Fsp3) is 0.773. The molecule has 0 bridgehead atoms. The first kappa shape index (κ1) is 30.3. The van der Waals surface area contributed by atoms with Gasteiger partial charge in [-0.2, -0.15) is 0 Å². The van der Waals surface area contributed by atoms with Crippen LogP contribution in [-0.2, 0) is 24.0 Å². The summed E-state index contributed by atoms with van der Waals surface area (Å²) in [6, 6.07) is -3.86. The molecular weight excluding hydrogens is 458 g/mol. The number of aliphatic carboxylic acids is 1. The number of nitrogens with two attached hydrogens (primary N) is 4. The summed E-state index contributed by atoms with van der Waals surface area (Å²) in [7, 11) is 0. The Kier molecular flexibility index (Phi) is 13.8. The van der Waals surface area contributed by atoms with Gasteiger partial charge in [-0.15, -0.1) is 0 Å². The van der Waals surface area contributed by atoms with E-state index in [-0.39, 0.29) is 19.3 Å². The number of likely N-dealkylation sites (tertiary alicyclic amines) is 1. The quantitative estimate of drug-likeness (QED) is 0.108. The molecule has 1 rings (SSSR count). The van der Waals surface area contributed by atoms with Crippen molar-refractivity contribution in [1.82, 2.24) is 15.5 Å². The molecule has 0 saturated carbocycles. The van der Waals surface area contributed by atoms with Crippen LogP contribution in [0.3, 0.4) is 0 Å². The molecule has 1 saturated heterocycles. The number of carboxylic acids is 1. The fourth-order valence-corrected chi connectivity index (χ4v) is 3.98. The molecule has 0 aromatic carbocycles. The van der Waals surface area contributed by atoms with Crippen LogP contribution in [0.1, 0.15) is 64.2 Å².